The third-order valence-corrected chi connectivity index (χ3v) is 3.31. The Morgan fingerprint density at radius 1 is 1.10 bits per heavy atom. The van der Waals surface area contributed by atoms with Crippen LogP contribution in [0.25, 0.3) is 10.8 Å². The van der Waals surface area contributed by atoms with Gasteiger partial charge in [0.15, 0.2) is 0 Å². The molecule has 1 aromatic heterocycles. The Morgan fingerprint density at radius 2 is 1.90 bits per heavy atom. The average molecular weight is 267 g/mol. The Kier molecular flexibility index (Phi) is 3.29. The monoisotopic (exact) mass is 267 g/mol. The van der Waals surface area contributed by atoms with E-state index in [0.29, 0.717) is 12.4 Å². The number of benzene rings is 2. The van der Waals surface area contributed by atoms with Crippen LogP contribution >= 0.6 is 0 Å². The normalized spacial score (nSPS) is 10.8. The predicted octanol–water partition coefficient (Wildman–Crippen LogP) is 2.78. The highest BCUT2D eigenvalue weighted by molar-refractivity contribution is 5.83. The number of hydrogen-bond acceptors (Lipinski definition) is 3. The third-order valence-electron chi connectivity index (χ3n) is 3.31. The molecule has 3 rings (SSSR count). The highest BCUT2D eigenvalue weighted by Crippen LogP contribution is 2.20. The van der Waals surface area contributed by atoms with Gasteiger partial charge in [-0.3, -0.25) is 4.68 Å². The van der Waals surface area contributed by atoms with Crippen molar-refractivity contribution in [3.05, 3.63) is 54.2 Å². The smallest absolute Gasteiger partial charge is 0.121 e. The summed E-state index contributed by atoms with van der Waals surface area (Å²) in [6.45, 7) is 0.592. The van der Waals surface area contributed by atoms with Crippen molar-refractivity contribution >= 4 is 16.6 Å². The van der Waals surface area contributed by atoms with Crippen molar-refractivity contribution < 1.29 is 4.74 Å². The lowest BCUT2D eigenvalue weighted by molar-refractivity contribution is 0.320. The second-order valence-corrected chi connectivity index (χ2v) is 4.79. The average Bonchev–Trinajstić information content (AvgIpc) is 2.77. The minimum absolute atomic E-state index is 0.592. The molecule has 4 nitrogen and oxygen atoms in total. The van der Waals surface area contributed by atoms with E-state index in [9.17, 15) is 0 Å². The largest absolute Gasteiger partial charge is 0.493 e. The van der Waals surface area contributed by atoms with Gasteiger partial charge in [-0.05, 0) is 22.9 Å². The van der Waals surface area contributed by atoms with Gasteiger partial charge in [0, 0.05) is 19.5 Å². The fourth-order valence-corrected chi connectivity index (χ4v) is 2.20. The molecule has 0 atom stereocenters. The van der Waals surface area contributed by atoms with Crippen LogP contribution in [0.2, 0.25) is 0 Å². The molecule has 3 aromatic rings. The molecule has 1 heterocycles. The molecular formula is C16H17N3O. The molecule has 2 N–H and O–H groups in total. The number of nitrogens with two attached hydrogens (primary N) is 1. The lowest BCUT2D eigenvalue weighted by atomic mass is 10.1. The van der Waals surface area contributed by atoms with Gasteiger partial charge < -0.3 is 10.5 Å². The molecule has 0 amide bonds. The summed E-state index contributed by atoms with van der Waals surface area (Å²) in [7, 11) is 1.84. The first-order valence-electron chi connectivity index (χ1n) is 6.62. The van der Waals surface area contributed by atoms with E-state index >= 15 is 0 Å². The lowest BCUT2D eigenvalue weighted by Gasteiger charge is -2.06. The molecule has 0 spiro atoms. The van der Waals surface area contributed by atoms with E-state index in [1.54, 1.807) is 4.68 Å². The number of nitrogen functional groups attached to an aromatic ring is 1. The van der Waals surface area contributed by atoms with Crippen LogP contribution in [0.4, 0.5) is 5.82 Å². The zero-order valence-electron chi connectivity index (χ0n) is 11.4. The number of anilines is 1. The number of rotatable bonds is 4. The number of nitrogens with zero attached hydrogens (tertiary/aromatic N) is 2. The molecular weight excluding hydrogens is 250 g/mol. The van der Waals surface area contributed by atoms with Crippen LogP contribution in [0, 0.1) is 0 Å². The molecule has 0 radical (unpaired) electrons. The van der Waals surface area contributed by atoms with Gasteiger partial charge in [0.2, 0.25) is 0 Å². The Morgan fingerprint density at radius 3 is 2.65 bits per heavy atom. The van der Waals surface area contributed by atoms with Crippen LogP contribution in [-0.4, -0.2) is 16.4 Å². The van der Waals surface area contributed by atoms with Crippen molar-refractivity contribution in [1.29, 1.82) is 0 Å². The number of hydrogen-bond donors (Lipinski definition) is 1. The summed E-state index contributed by atoms with van der Waals surface area (Å²) in [6.07, 6.45) is 0.748. The zero-order chi connectivity index (χ0) is 13.9. The van der Waals surface area contributed by atoms with Crippen molar-refractivity contribution in [2.45, 2.75) is 6.42 Å². The van der Waals surface area contributed by atoms with Gasteiger partial charge >= 0.3 is 0 Å². The lowest BCUT2D eigenvalue weighted by Crippen LogP contribution is -2.02. The summed E-state index contributed by atoms with van der Waals surface area (Å²) in [5.74, 6) is 1.55. The molecule has 2 aromatic carbocycles. The molecule has 0 saturated carbocycles. The second kappa shape index (κ2) is 5.25. The van der Waals surface area contributed by atoms with Gasteiger partial charge in [0.1, 0.15) is 11.6 Å². The molecule has 20 heavy (non-hydrogen) atoms. The van der Waals surface area contributed by atoms with Crippen LogP contribution < -0.4 is 10.5 Å². The van der Waals surface area contributed by atoms with Gasteiger partial charge in [-0.25, -0.2) is 0 Å². The third kappa shape index (κ3) is 2.59. The SMILES string of the molecule is Cn1nc(CCOc2ccc3ccccc3c2)cc1N. The molecule has 4 heteroatoms. The van der Waals surface area contributed by atoms with E-state index in [1.807, 2.05) is 31.3 Å². The van der Waals surface area contributed by atoms with Crippen molar-refractivity contribution in [3.8, 4) is 5.75 Å². The van der Waals surface area contributed by atoms with E-state index in [4.69, 9.17) is 10.5 Å². The summed E-state index contributed by atoms with van der Waals surface area (Å²) in [5.41, 5.74) is 6.70. The van der Waals surface area contributed by atoms with Crippen LogP contribution in [0.5, 0.6) is 5.75 Å². The Hall–Kier alpha value is -2.49. The van der Waals surface area contributed by atoms with Crippen molar-refractivity contribution in [3.63, 3.8) is 0 Å². The van der Waals surface area contributed by atoms with Crippen LogP contribution in [0.15, 0.2) is 48.5 Å². The molecule has 0 bridgehead atoms. The van der Waals surface area contributed by atoms with Gasteiger partial charge in [0.25, 0.3) is 0 Å². The molecule has 0 aliphatic carbocycles. The first kappa shape index (κ1) is 12.5. The maximum Gasteiger partial charge on any atom is 0.121 e. The maximum atomic E-state index is 5.78. The fraction of sp³-hybridized carbons (Fsp3) is 0.188. The molecule has 0 fully saturated rings. The standard InChI is InChI=1S/C16H17N3O/c1-19-16(17)11-14(18-19)8-9-20-15-7-6-12-4-2-3-5-13(12)10-15/h2-7,10-11H,8-9,17H2,1H3. The highest BCUT2D eigenvalue weighted by atomic mass is 16.5. The van der Waals surface area contributed by atoms with Crippen molar-refractivity contribution in [2.75, 3.05) is 12.3 Å². The number of aromatic nitrogens is 2. The van der Waals surface area contributed by atoms with Crippen LogP contribution in [0.3, 0.4) is 0 Å². The highest BCUT2D eigenvalue weighted by Gasteiger charge is 2.02. The van der Waals surface area contributed by atoms with E-state index in [2.05, 4.69) is 29.4 Å². The zero-order valence-corrected chi connectivity index (χ0v) is 11.4. The first-order valence-corrected chi connectivity index (χ1v) is 6.62. The van der Waals surface area contributed by atoms with E-state index in [0.717, 1.165) is 17.9 Å². The first-order chi connectivity index (χ1) is 9.72. The van der Waals surface area contributed by atoms with Gasteiger partial charge in [0.05, 0.1) is 12.3 Å². The van der Waals surface area contributed by atoms with Crippen LogP contribution in [0.1, 0.15) is 5.69 Å². The summed E-state index contributed by atoms with van der Waals surface area (Å²) < 4.78 is 7.45. The quantitative estimate of drug-likeness (QED) is 0.790. The molecule has 0 aliphatic rings. The Bertz CT molecular complexity index is 714. The summed E-state index contributed by atoms with van der Waals surface area (Å²) >= 11 is 0. The summed E-state index contributed by atoms with van der Waals surface area (Å²) in [6, 6.07) is 16.2. The van der Waals surface area contributed by atoms with Gasteiger partial charge in [-0.1, -0.05) is 30.3 Å². The van der Waals surface area contributed by atoms with E-state index in [-0.39, 0.29) is 0 Å². The van der Waals surface area contributed by atoms with E-state index < -0.39 is 0 Å². The maximum absolute atomic E-state index is 5.78. The Labute approximate surface area is 117 Å². The topological polar surface area (TPSA) is 53.1 Å². The van der Waals surface area contributed by atoms with Crippen molar-refractivity contribution in [1.82, 2.24) is 9.78 Å². The van der Waals surface area contributed by atoms with Crippen LogP contribution in [-0.2, 0) is 13.5 Å². The predicted molar refractivity (Wildman–Crippen MR) is 80.8 cm³/mol. The summed E-state index contributed by atoms with van der Waals surface area (Å²) in [4.78, 5) is 0. The molecule has 0 aliphatic heterocycles. The summed E-state index contributed by atoms with van der Waals surface area (Å²) in [5, 5.41) is 6.71. The Balaban J connectivity index is 1.64. The molecule has 0 saturated heterocycles. The minimum atomic E-state index is 0.592. The minimum Gasteiger partial charge on any atom is -0.493 e. The number of aryl methyl sites for hydroxylation is 1. The molecule has 102 valence electrons. The van der Waals surface area contributed by atoms with E-state index in [1.165, 1.54) is 10.8 Å². The second-order valence-electron chi connectivity index (χ2n) is 4.79. The number of fused-ring (bicyclic) bond motifs is 1. The molecule has 0 unspecified atom stereocenters. The van der Waals surface area contributed by atoms with Gasteiger partial charge in [-0.15, -0.1) is 0 Å². The fourth-order valence-electron chi connectivity index (χ4n) is 2.20. The van der Waals surface area contributed by atoms with Crippen molar-refractivity contribution in [2.24, 2.45) is 7.05 Å². The van der Waals surface area contributed by atoms with Gasteiger partial charge in [-0.2, -0.15) is 5.10 Å². The number of ether oxygens (including phenoxy) is 1.